The number of nitrogens with zero attached hydrogens (tertiary/aromatic N) is 2. The lowest BCUT2D eigenvalue weighted by Gasteiger charge is -2.12. The molecule has 0 saturated carbocycles. The highest BCUT2D eigenvalue weighted by Gasteiger charge is 2.19. The predicted molar refractivity (Wildman–Crippen MR) is 152 cm³/mol. The molecule has 0 unspecified atom stereocenters. The first kappa shape index (κ1) is 25.6. The van der Waals surface area contributed by atoms with E-state index in [1.54, 1.807) is 11.8 Å². The van der Waals surface area contributed by atoms with Gasteiger partial charge < -0.3 is 15.2 Å². The van der Waals surface area contributed by atoms with E-state index >= 15 is 0 Å². The Labute approximate surface area is 218 Å². The molecule has 5 nitrogen and oxygen atoms in total. The molecular weight excluding hydrogens is 464 g/mol. The maximum atomic E-state index is 12.3. The third-order valence-corrected chi connectivity index (χ3v) is 6.99. The second kappa shape index (κ2) is 13.0. The topological polar surface area (TPSA) is 59.0 Å². The van der Waals surface area contributed by atoms with Crippen LogP contribution in [0.5, 0.6) is 0 Å². The highest BCUT2D eigenvalue weighted by atomic mass is 32.2. The number of aromatic nitrogens is 2. The van der Waals surface area contributed by atoms with Crippen molar-refractivity contribution >= 4 is 23.5 Å². The van der Waals surface area contributed by atoms with Gasteiger partial charge in [0.15, 0.2) is 5.16 Å². The maximum absolute atomic E-state index is 12.3. The molecule has 0 saturated heterocycles. The Morgan fingerprint density at radius 2 is 1.56 bits per heavy atom. The number of carbonyl (C=O) groups excluding carboxylic acids is 1. The van der Waals surface area contributed by atoms with Gasteiger partial charge in [-0.15, -0.1) is 0 Å². The van der Waals surface area contributed by atoms with Crippen molar-refractivity contribution in [2.45, 2.75) is 44.8 Å². The van der Waals surface area contributed by atoms with E-state index in [1.165, 1.54) is 11.1 Å². The van der Waals surface area contributed by atoms with E-state index in [4.69, 9.17) is 4.98 Å². The fourth-order valence-electron chi connectivity index (χ4n) is 4.10. The zero-order valence-corrected chi connectivity index (χ0v) is 21.9. The van der Waals surface area contributed by atoms with Gasteiger partial charge in [-0.3, -0.25) is 0 Å². The number of imidazole rings is 1. The smallest absolute Gasteiger partial charge is 0.319 e. The van der Waals surface area contributed by atoms with Crippen LogP contribution in [0.4, 0.5) is 10.5 Å². The van der Waals surface area contributed by atoms with Crippen molar-refractivity contribution in [1.29, 1.82) is 0 Å². The number of hydrogen-bond acceptors (Lipinski definition) is 3. The minimum Gasteiger partial charge on any atom is -0.338 e. The quantitative estimate of drug-likeness (QED) is 0.166. The number of rotatable bonds is 11. The second-order valence-electron chi connectivity index (χ2n) is 8.61. The summed E-state index contributed by atoms with van der Waals surface area (Å²) in [5.74, 6) is 0.870. The van der Waals surface area contributed by atoms with Gasteiger partial charge in [0, 0.05) is 35.7 Å². The molecule has 0 spiro atoms. The Balaban J connectivity index is 1.41. The van der Waals surface area contributed by atoms with Gasteiger partial charge in [0.25, 0.3) is 0 Å². The van der Waals surface area contributed by atoms with Crippen LogP contribution in [-0.4, -0.2) is 27.9 Å². The molecule has 2 N–H and O–H groups in total. The van der Waals surface area contributed by atoms with Gasteiger partial charge in [-0.05, 0) is 37.0 Å². The summed E-state index contributed by atoms with van der Waals surface area (Å²) in [5.41, 5.74) is 6.54. The minimum atomic E-state index is -0.172. The third kappa shape index (κ3) is 6.58. The first-order valence-corrected chi connectivity index (χ1v) is 13.7. The Morgan fingerprint density at radius 3 is 2.19 bits per heavy atom. The van der Waals surface area contributed by atoms with Crippen LogP contribution in [-0.2, 0) is 13.0 Å². The molecule has 186 valence electrons. The molecule has 0 aliphatic carbocycles. The average Bonchev–Trinajstić information content (AvgIpc) is 3.28. The largest absolute Gasteiger partial charge is 0.338 e. The molecule has 0 radical (unpaired) electrons. The van der Waals surface area contributed by atoms with Gasteiger partial charge in [0.2, 0.25) is 0 Å². The van der Waals surface area contributed by atoms with E-state index < -0.39 is 0 Å². The van der Waals surface area contributed by atoms with Gasteiger partial charge in [-0.25, -0.2) is 9.78 Å². The number of hydrogen-bond donors (Lipinski definition) is 2. The Hall–Kier alpha value is -3.51. The molecule has 0 aliphatic rings. The van der Waals surface area contributed by atoms with E-state index in [1.807, 2.05) is 36.4 Å². The van der Waals surface area contributed by atoms with Crippen LogP contribution in [0.25, 0.3) is 22.5 Å². The van der Waals surface area contributed by atoms with E-state index in [2.05, 4.69) is 77.6 Å². The normalized spacial score (nSPS) is 10.8. The number of carbonyl (C=O) groups is 1. The van der Waals surface area contributed by atoms with Crippen LogP contribution >= 0.6 is 11.8 Å². The lowest BCUT2D eigenvalue weighted by molar-refractivity contribution is 0.252. The third-order valence-electron chi connectivity index (χ3n) is 5.93. The number of nitrogens with one attached hydrogen (secondary N) is 2. The number of aryl methyl sites for hydroxylation is 1. The fraction of sp³-hybridized carbons (Fsp3) is 0.267. The fourth-order valence-corrected chi connectivity index (χ4v) is 5.06. The molecule has 0 aliphatic heterocycles. The van der Waals surface area contributed by atoms with Crippen LogP contribution in [0.15, 0.2) is 90.1 Å². The summed E-state index contributed by atoms with van der Waals surface area (Å²) in [7, 11) is 0. The summed E-state index contributed by atoms with van der Waals surface area (Å²) in [6, 6.07) is 28.7. The molecule has 2 amide bonds. The van der Waals surface area contributed by atoms with Gasteiger partial charge in [-0.2, -0.15) is 0 Å². The molecule has 0 atom stereocenters. The minimum absolute atomic E-state index is 0.172. The van der Waals surface area contributed by atoms with Crippen molar-refractivity contribution in [3.63, 3.8) is 0 Å². The summed E-state index contributed by atoms with van der Waals surface area (Å²) in [5, 5.41) is 6.89. The van der Waals surface area contributed by atoms with Crippen molar-refractivity contribution in [1.82, 2.24) is 14.9 Å². The summed E-state index contributed by atoms with van der Waals surface area (Å²) in [6.45, 7) is 5.83. The van der Waals surface area contributed by atoms with E-state index in [0.717, 1.165) is 59.4 Å². The lowest BCUT2D eigenvalue weighted by Crippen LogP contribution is -2.29. The number of thioether (sulfide) groups is 1. The molecule has 1 aromatic heterocycles. The van der Waals surface area contributed by atoms with Crippen LogP contribution in [0.3, 0.4) is 0 Å². The second-order valence-corrected chi connectivity index (χ2v) is 9.67. The SMILES string of the molecule is CCCn1c(SCCCNC(=O)Nc2ccc(CC)cc2)nc(-c2ccccc2)c1-c1ccccc1. The van der Waals surface area contributed by atoms with Crippen molar-refractivity contribution in [2.75, 3.05) is 17.6 Å². The van der Waals surface area contributed by atoms with Crippen LogP contribution in [0, 0.1) is 0 Å². The molecular formula is C30H34N4OS. The lowest BCUT2D eigenvalue weighted by atomic mass is 10.0. The summed E-state index contributed by atoms with van der Waals surface area (Å²) < 4.78 is 2.35. The number of amides is 2. The van der Waals surface area contributed by atoms with Gasteiger partial charge >= 0.3 is 6.03 Å². The number of urea groups is 1. The molecule has 0 bridgehead atoms. The Morgan fingerprint density at radius 1 is 0.889 bits per heavy atom. The van der Waals surface area contributed by atoms with Crippen LogP contribution < -0.4 is 10.6 Å². The Bertz CT molecular complexity index is 1240. The molecule has 1 heterocycles. The van der Waals surface area contributed by atoms with Crippen molar-refractivity contribution in [3.05, 3.63) is 90.5 Å². The first-order chi connectivity index (χ1) is 17.7. The summed E-state index contributed by atoms with van der Waals surface area (Å²) >= 11 is 1.75. The molecule has 3 aromatic carbocycles. The predicted octanol–water partition coefficient (Wildman–Crippen LogP) is 7.49. The molecule has 6 heteroatoms. The monoisotopic (exact) mass is 498 g/mol. The standard InChI is InChI=1S/C30H34N4OS/c1-3-21-34-28(25-14-9-6-10-15-25)27(24-12-7-5-8-13-24)33-30(34)36-22-11-20-31-29(35)32-26-18-16-23(4-2)17-19-26/h5-10,12-19H,3-4,11,20-22H2,1-2H3,(H2,31,32,35). The first-order valence-electron chi connectivity index (χ1n) is 12.7. The van der Waals surface area contributed by atoms with Crippen molar-refractivity contribution < 1.29 is 4.79 Å². The summed E-state index contributed by atoms with van der Waals surface area (Å²) in [6.07, 6.45) is 2.87. The summed E-state index contributed by atoms with van der Waals surface area (Å²) in [4.78, 5) is 17.4. The van der Waals surface area contributed by atoms with Crippen LogP contribution in [0.2, 0.25) is 0 Å². The van der Waals surface area contributed by atoms with Crippen LogP contribution in [0.1, 0.15) is 32.3 Å². The van der Waals surface area contributed by atoms with E-state index in [9.17, 15) is 4.79 Å². The maximum Gasteiger partial charge on any atom is 0.319 e. The number of benzene rings is 3. The van der Waals surface area contributed by atoms with Crippen molar-refractivity contribution in [2.24, 2.45) is 0 Å². The molecule has 4 rings (SSSR count). The Kier molecular flexibility index (Phi) is 9.22. The highest BCUT2D eigenvalue weighted by molar-refractivity contribution is 7.99. The molecule has 4 aromatic rings. The van der Waals surface area contributed by atoms with Gasteiger partial charge in [-0.1, -0.05) is 98.4 Å². The molecule has 0 fully saturated rings. The molecule has 36 heavy (non-hydrogen) atoms. The van der Waals surface area contributed by atoms with Crippen molar-refractivity contribution in [3.8, 4) is 22.5 Å². The van der Waals surface area contributed by atoms with E-state index in [-0.39, 0.29) is 6.03 Å². The zero-order chi connectivity index (χ0) is 25.2. The van der Waals surface area contributed by atoms with Gasteiger partial charge in [0.1, 0.15) is 0 Å². The highest BCUT2D eigenvalue weighted by Crippen LogP contribution is 2.36. The average molecular weight is 499 g/mol. The van der Waals surface area contributed by atoms with E-state index in [0.29, 0.717) is 6.54 Å². The van der Waals surface area contributed by atoms with Gasteiger partial charge in [0.05, 0.1) is 11.4 Å². The number of anilines is 1. The zero-order valence-electron chi connectivity index (χ0n) is 21.0.